The highest BCUT2D eigenvalue weighted by Crippen LogP contribution is 2.30. The first kappa shape index (κ1) is 23.6. The van der Waals surface area contributed by atoms with Gasteiger partial charge >= 0.3 is 6.03 Å². The minimum atomic E-state index is -0.428. The number of rotatable bonds is 6. The molecule has 2 N–H and O–H groups in total. The van der Waals surface area contributed by atoms with Gasteiger partial charge in [-0.15, -0.1) is 0 Å². The molecule has 184 valence electrons. The Balaban J connectivity index is 1.29. The molecule has 4 heterocycles. The van der Waals surface area contributed by atoms with Gasteiger partial charge in [-0.1, -0.05) is 31.9 Å². The Labute approximate surface area is 209 Å². The van der Waals surface area contributed by atoms with E-state index in [1.165, 1.54) is 12.3 Å². The van der Waals surface area contributed by atoms with E-state index in [2.05, 4.69) is 40.0 Å². The van der Waals surface area contributed by atoms with E-state index < -0.39 is 5.82 Å². The molecule has 1 aliphatic carbocycles. The summed E-state index contributed by atoms with van der Waals surface area (Å²) in [6.45, 7) is 6.34. The predicted molar refractivity (Wildman–Crippen MR) is 139 cm³/mol. The molecule has 2 fully saturated rings. The third kappa shape index (κ3) is 5.12. The van der Waals surface area contributed by atoms with Crippen LogP contribution < -0.4 is 10.6 Å². The van der Waals surface area contributed by atoms with Crippen LogP contribution in [0, 0.1) is 11.7 Å². The molecule has 2 aliphatic rings. The van der Waals surface area contributed by atoms with E-state index in [1.807, 2.05) is 4.90 Å². The summed E-state index contributed by atoms with van der Waals surface area (Å²) in [5.41, 5.74) is 1.99. The van der Waals surface area contributed by atoms with Crippen LogP contribution in [0.15, 0.2) is 31.2 Å². The molecule has 0 bridgehead atoms. The lowest BCUT2D eigenvalue weighted by Gasteiger charge is -2.31. The molecule has 1 saturated heterocycles. The molecule has 0 aromatic carbocycles. The summed E-state index contributed by atoms with van der Waals surface area (Å²) in [5, 5.41) is 7.31. The zero-order valence-electron chi connectivity index (χ0n) is 19.6. The number of hydrogen-bond donors (Lipinski definition) is 3. The lowest BCUT2D eigenvalue weighted by atomic mass is 9.85. The van der Waals surface area contributed by atoms with E-state index >= 15 is 0 Å². The fourth-order valence-corrected chi connectivity index (χ4v) is 5.37. The fraction of sp³-hybridized carbons (Fsp3) is 0.440. The molecule has 35 heavy (non-hydrogen) atoms. The van der Waals surface area contributed by atoms with Crippen molar-refractivity contribution < 1.29 is 9.18 Å². The minimum absolute atomic E-state index is 0.0739. The largest absolute Gasteiger partial charge is 0.369 e. The maximum absolute atomic E-state index is 13.9. The molecule has 1 aliphatic heterocycles. The van der Waals surface area contributed by atoms with Crippen LogP contribution in [-0.2, 0) is 0 Å². The van der Waals surface area contributed by atoms with Gasteiger partial charge in [0.15, 0.2) is 11.5 Å². The van der Waals surface area contributed by atoms with Gasteiger partial charge in [-0.05, 0) is 44.1 Å². The van der Waals surface area contributed by atoms with Crippen molar-refractivity contribution >= 4 is 41.8 Å². The summed E-state index contributed by atoms with van der Waals surface area (Å²) in [6, 6.07) is 1.69. The molecule has 5 rings (SSSR count). The Morgan fingerprint density at radius 2 is 2.06 bits per heavy atom. The second-order valence-corrected chi connectivity index (χ2v) is 9.80. The molecule has 0 radical (unpaired) electrons. The summed E-state index contributed by atoms with van der Waals surface area (Å²) in [7, 11) is 0. The smallest absolute Gasteiger partial charge is 0.317 e. The third-order valence-corrected chi connectivity index (χ3v) is 7.24. The Morgan fingerprint density at radius 3 is 2.86 bits per heavy atom. The fourth-order valence-electron chi connectivity index (χ4n) is 5.09. The van der Waals surface area contributed by atoms with Gasteiger partial charge in [-0.3, -0.25) is 3.97 Å². The number of amides is 2. The van der Waals surface area contributed by atoms with Gasteiger partial charge in [0.05, 0.1) is 6.20 Å². The number of urea groups is 1. The van der Waals surface area contributed by atoms with Crippen LogP contribution in [0.4, 0.5) is 15.0 Å². The average Bonchev–Trinajstić information content (AvgIpc) is 3.51. The van der Waals surface area contributed by atoms with Crippen molar-refractivity contribution in [2.75, 3.05) is 25.0 Å². The first-order valence-corrected chi connectivity index (χ1v) is 12.6. The molecule has 3 aromatic rings. The number of carbonyl (C=O) groups excluding carboxylic acids is 1. The number of carbonyl (C=O) groups is 1. The number of anilines is 1. The van der Waals surface area contributed by atoms with E-state index in [4.69, 9.17) is 4.98 Å². The maximum atomic E-state index is 13.9. The highest BCUT2D eigenvalue weighted by molar-refractivity contribution is 7.78. The van der Waals surface area contributed by atoms with Gasteiger partial charge < -0.3 is 15.5 Å². The summed E-state index contributed by atoms with van der Waals surface area (Å²) in [5.74, 6) is 1.13. The quantitative estimate of drug-likeness (QED) is 0.430. The number of nitrogens with zero attached hydrogens (tertiary/aromatic N) is 5. The highest BCUT2D eigenvalue weighted by atomic mass is 32.1. The number of fused-ring (bicyclic) bond motifs is 1. The van der Waals surface area contributed by atoms with Crippen molar-refractivity contribution in [1.29, 1.82) is 0 Å². The van der Waals surface area contributed by atoms with E-state index in [0.717, 1.165) is 63.7 Å². The zero-order valence-corrected chi connectivity index (χ0v) is 20.5. The first-order valence-electron chi connectivity index (χ1n) is 12.2. The lowest BCUT2D eigenvalue weighted by molar-refractivity contribution is 0.196. The molecular weight excluding hydrogens is 465 g/mol. The number of pyridine rings is 1. The van der Waals surface area contributed by atoms with Crippen LogP contribution in [0.5, 0.6) is 0 Å². The minimum Gasteiger partial charge on any atom is -0.369 e. The zero-order chi connectivity index (χ0) is 24.4. The van der Waals surface area contributed by atoms with Gasteiger partial charge in [-0.2, -0.15) is 0 Å². The molecule has 2 amide bonds. The Hall–Kier alpha value is -3.14. The van der Waals surface area contributed by atoms with Crippen LogP contribution in [0.3, 0.4) is 0 Å². The van der Waals surface area contributed by atoms with Crippen LogP contribution in [-0.4, -0.2) is 55.5 Å². The third-order valence-electron chi connectivity index (χ3n) is 6.93. The molecule has 10 heteroatoms. The van der Waals surface area contributed by atoms with Crippen LogP contribution in [0.25, 0.3) is 28.5 Å². The molecular formula is C25H30FN7OS. The Bertz CT molecular complexity index is 1240. The monoisotopic (exact) mass is 495 g/mol. The van der Waals surface area contributed by atoms with Crippen molar-refractivity contribution in [2.24, 2.45) is 5.92 Å². The van der Waals surface area contributed by atoms with Crippen molar-refractivity contribution in [3.05, 3.63) is 42.6 Å². The molecule has 2 unspecified atom stereocenters. The topological polar surface area (TPSA) is 88.0 Å². The summed E-state index contributed by atoms with van der Waals surface area (Å²) >= 11 is 4.40. The molecule has 2 atom stereocenters. The van der Waals surface area contributed by atoms with Crippen LogP contribution in [0.1, 0.15) is 44.1 Å². The summed E-state index contributed by atoms with van der Waals surface area (Å²) in [4.78, 5) is 27.8. The van der Waals surface area contributed by atoms with Crippen molar-refractivity contribution in [2.45, 2.75) is 44.6 Å². The lowest BCUT2D eigenvalue weighted by Crippen LogP contribution is -2.45. The number of aromatic nitrogens is 4. The Morgan fingerprint density at radius 1 is 1.23 bits per heavy atom. The van der Waals surface area contributed by atoms with Crippen molar-refractivity contribution in [3.8, 4) is 11.4 Å². The number of halogens is 1. The van der Waals surface area contributed by atoms with E-state index in [0.29, 0.717) is 34.2 Å². The van der Waals surface area contributed by atoms with Crippen LogP contribution >= 0.6 is 12.8 Å². The van der Waals surface area contributed by atoms with Gasteiger partial charge in [0.2, 0.25) is 0 Å². The first-order chi connectivity index (χ1) is 17.0. The van der Waals surface area contributed by atoms with Gasteiger partial charge in [0.25, 0.3) is 0 Å². The van der Waals surface area contributed by atoms with Crippen molar-refractivity contribution in [3.63, 3.8) is 0 Å². The SMILES string of the molecule is C=Cc1cnc(-c2cn(S)c3ncc(F)cc23)nc1NCC1CCCC(NC(=O)N2CCCC2)C1. The number of thiol groups is 1. The Kier molecular flexibility index (Phi) is 6.90. The van der Waals surface area contributed by atoms with Gasteiger partial charge in [0.1, 0.15) is 11.6 Å². The predicted octanol–water partition coefficient (Wildman–Crippen LogP) is 4.74. The second kappa shape index (κ2) is 10.2. The molecule has 1 saturated carbocycles. The number of nitrogens with one attached hydrogen (secondary N) is 2. The van der Waals surface area contributed by atoms with E-state index in [1.54, 1.807) is 22.4 Å². The molecule has 0 spiro atoms. The van der Waals surface area contributed by atoms with E-state index in [9.17, 15) is 9.18 Å². The number of hydrogen-bond acceptors (Lipinski definition) is 6. The average molecular weight is 496 g/mol. The summed E-state index contributed by atoms with van der Waals surface area (Å²) in [6.07, 6.45) is 12.7. The van der Waals surface area contributed by atoms with Gasteiger partial charge in [0, 0.05) is 54.6 Å². The van der Waals surface area contributed by atoms with Crippen molar-refractivity contribution in [1.82, 2.24) is 29.1 Å². The number of likely N-dealkylation sites (tertiary alicyclic amines) is 1. The second-order valence-electron chi connectivity index (χ2n) is 9.37. The maximum Gasteiger partial charge on any atom is 0.317 e. The summed E-state index contributed by atoms with van der Waals surface area (Å²) < 4.78 is 15.4. The van der Waals surface area contributed by atoms with Crippen LogP contribution in [0.2, 0.25) is 0 Å². The van der Waals surface area contributed by atoms with Gasteiger partial charge in [-0.25, -0.2) is 24.1 Å². The van der Waals surface area contributed by atoms with E-state index in [-0.39, 0.29) is 12.1 Å². The standard InChI is InChI=1S/C25H30FN7OS/c1-2-17-13-28-23(21-15-33(35)24-20(21)11-18(26)14-29-24)31-22(17)27-12-16-6-5-7-19(10-16)30-25(34)32-8-3-4-9-32/h2,11,13-16,19,35H,1,3-10,12H2,(H,30,34)(H,27,28,31). The highest BCUT2D eigenvalue weighted by Gasteiger charge is 2.26. The molecule has 8 nitrogen and oxygen atoms in total. The molecule has 3 aromatic heterocycles. The normalized spacial score (nSPS) is 20.2.